The van der Waals surface area contributed by atoms with E-state index in [2.05, 4.69) is 26.8 Å². The van der Waals surface area contributed by atoms with E-state index in [1.165, 1.54) is 0 Å². The van der Waals surface area contributed by atoms with Crippen LogP contribution in [0.4, 0.5) is 0 Å². The first-order valence-electron chi connectivity index (χ1n) is 6.67. The van der Waals surface area contributed by atoms with Crippen LogP contribution in [-0.2, 0) is 0 Å². The number of nitrogens with zero attached hydrogens (tertiary/aromatic N) is 1. The Bertz CT molecular complexity index is 262. The highest BCUT2D eigenvalue weighted by molar-refractivity contribution is 5.14. The summed E-state index contributed by atoms with van der Waals surface area (Å²) in [5.41, 5.74) is -1.23. The summed E-state index contributed by atoms with van der Waals surface area (Å²) in [7, 11) is 0. The molecule has 1 aliphatic rings. The molecule has 0 spiro atoms. The molecular weight excluding hydrogens is 198 g/mol. The Morgan fingerprint density at radius 3 is 2.25 bits per heavy atom. The first kappa shape index (κ1) is 13.5. The molecule has 2 nitrogen and oxygen atoms in total. The molecule has 0 radical (unpaired) electrons. The smallest absolute Gasteiger partial charge is 0.0862 e. The third-order valence-electron chi connectivity index (χ3n) is 4.19. The zero-order valence-electron chi connectivity index (χ0n) is 10.9. The maximum atomic E-state index is 10.9. The molecule has 0 bridgehead atoms. The van der Waals surface area contributed by atoms with Gasteiger partial charge in [0.2, 0.25) is 0 Å². The van der Waals surface area contributed by atoms with Gasteiger partial charge in [0.15, 0.2) is 0 Å². The molecule has 16 heavy (non-hydrogen) atoms. The van der Waals surface area contributed by atoms with Crippen LogP contribution >= 0.6 is 0 Å². The Morgan fingerprint density at radius 2 is 1.94 bits per heavy atom. The van der Waals surface area contributed by atoms with Gasteiger partial charge in [-0.15, -0.1) is 0 Å². The molecule has 2 heteroatoms. The highest BCUT2D eigenvalue weighted by Gasteiger charge is 2.52. The van der Waals surface area contributed by atoms with Crippen LogP contribution in [0.1, 0.15) is 65.7 Å². The molecule has 0 amide bonds. The third kappa shape index (κ3) is 2.25. The summed E-state index contributed by atoms with van der Waals surface area (Å²) < 4.78 is 0. The SMILES string of the molecule is CCCC(O)(CCC)C1(C#N)CCC(C)C1. The van der Waals surface area contributed by atoms with Gasteiger partial charge in [0.1, 0.15) is 0 Å². The molecule has 0 aromatic heterocycles. The van der Waals surface area contributed by atoms with Crippen LogP contribution in [0, 0.1) is 22.7 Å². The zero-order chi connectivity index (χ0) is 12.2. The van der Waals surface area contributed by atoms with E-state index in [1.54, 1.807) is 0 Å². The molecule has 2 unspecified atom stereocenters. The fraction of sp³-hybridized carbons (Fsp3) is 0.929. The van der Waals surface area contributed by atoms with Crippen molar-refractivity contribution < 1.29 is 5.11 Å². The lowest BCUT2D eigenvalue weighted by atomic mass is 9.67. The summed E-state index contributed by atoms with van der Waals surface area (Å²) in [5.74, 6) is 0.583. The fourth-order valence-electron chi connectivity index (χ4n) is 3.35. The van der Waals surface area contributed by atoms with Crippen molar-refractivity contribution in [3.8, 4) is 6.07 Å². The van der Waals surface area contributed by atoms with E-state index in [0.717, 1.165) is 44.9 Å². The number of rotatable bonds is 5. The van der Waals surface area contributed by atoms with Crippen molar-refractivity contribution in [2.45, 2.75) is 71.3 Å². The molecular formula is C14H25NO. The van der Waals surface area contributed by atoms with Gasteiger partial charge in [-0.2, -0.15) is 5.26 Å². The van der Waals surface area contributed by atoms with Crippen LogP contribution < -0.4 is 0 Å². The molecule has 92 valence electrons. The monoisotopic (exact) mass is 223 g/mol. The second-order valence-electron chi connectivity index (χ2n) is 5.57. The molecule has 1 rings (SSSR count). The first-order valence-corrected chi connectivity index (χ1v) is 6.67. The summed E-state index contributed by atoms with van der Waals surface area (Å²) in [5, 5.41) is 20.4. The van der Waals surface area contributed by atoms with E-state index < -0.39 is 11.0 Å². The van der Waals surface area contributed by atoms with Gasteiger partial charge in [-0.3, -0.25) is 0 Å². The van der Waals surface area contributed by atoms with E-state index in [9.17, 15) is 10.4 Å². The van der Waals surface area contributed by atoms with Gasteiger partial charge in [0.05, 0.1) is 17.1 Å². The Labute approximate surface area is 99.7 Å². The summed E-state index contributed by atoms with van der Waals surface area (Å²) in [6.45, 7) is 6.37. The minimum absolute atomic E-state index is 0.474. The van der Waals surface area contributed by atoms with Crippen molar-refractivity contribution in [3.05, 3.63) is 0 Å². The molecule has 1 N–H and O–H groups in total. The summed E-state index contributed by atoms with van der Waals surface area (Å²) in [6.07, 6.45) is 6.27. The Morgan fingerprint density at radius 1 is 1.38 bits per heavy atom. The van der Waals surface area contributed by atoms with E-state index in [1.807, 2.05) is 0 Å². The van der Waals surface area contributed by atoms with Crippen molar-refractivity contribution in [2.24, 2.45) is 11.3 Å². The van der Waals surface area contributed by atoms with Gasteiger partial charge in [-0.25, -0.2) is 0 Å². The van der Waals surface area contributed by atoms with Gasteiger partial charge in [-0.05, 0) is 38.0 Å². The van der Waals surface area contributed by atoms with Gasteiger partial charge in [0.25, 0.3) is 0 Å². The van der Waals surface area contributed by atoms with Gasteiger partial charge >= 0.3 is 0 Å². The summed E-state index contributed by atoms with van der Waals surface area (Å²) >= 11 is 0. The molecule has 0 heterocycles. The lowest BCUT2D eigenvalue weighted by Gasteiger charge is -2.40. The normalized spacial score (nSPS) is 30.3. The van der Waals surface area contributed by atoms with Crippen LogP contribution in [0.5, 0.6) is 0 Å². The maximum absolute atomic E-state index is 10.9. The number of hydrogen-bond donors (Lipinski definition) is 1. The highest BCUT2D eigenvalue weighted by atomic mass is 16.3. The molecule has 0 aliphatic heterocycles. The number of nitriles is 1. The fourth-order valence-corrected chi connectivity index (χ4v) is 3.35. The van der Waals surface area contributed by atoms with Crippen LogP contribution in [0.25, 0.3) is 0 Å². The third-order valence-corrected chi connectivity index (χ3v) is 4.19. The lowest BCUT2D eigenvalue weighted by molar-refractivity contribution is -0.0689. The molecule has 1 saturated carbocycles. The van der Waals surface area contributed by atoms with Gasteiger partial charge < -0.3 is 5.11 Å². The first-order chi connectivity index (χ1) is 7.53. The van der Waals surface area contributed by atoms with Crippen LogP contribution in [-0.4, -0.2) is 10.7 Å². The average molecular weight is 223 g/mol. The molecule has 0 saturated heterocycles. The molecule has 1 fully saturated rings. The molecule has 0 aromatic rings. The van der Waals surface area contributed by atoms with E-state index in [4.69, 9.17) is 0 Å². The van der Waals surface area contributed by atoms with Crippen LogP contribution in [0.3, 0.4) is 0 Å². The van der Waals surface area contributed by atoms with Crippen molar-refractivity contribution in [1.29, 1.82) is 5.26 Å². The molecule has 0 aromatic carbocycles. The Kier molecular flexibility index (Phi) is 4.38. The van der Waals surface area contributed by atoms with Crippen molar-refractivity contribution in [3.63, 3.8) is 0 Å². The largest absolute Gasteiger partial charge is 0.388 e. The second kappa shape index (κ2) is 5.19. The number of aliphatic hydroxyl groups is 1. The van der Waals surface area contributed by atoms with E-state index >= 15 is 0 Å². The van der Waals surface area contributed by atoms with Crippen molar-refractivity contribution in [1.82, 2.24) is 0 Å². The molecule has 1 aliphatic carbocycles. The predicted molar refractivity (Wildman–Crippen MR) is 65.8 cm³/mol. The lowest BCUT2D eigenvalue weighted by Crippen LogP contribution is -2.46. The van der Waals surface area contributed by atoms with Crippen molar-refractivity contribution >= 4 is 0 Å². The maximum Gasteiger partial charge on any atom is 0.0862 e. The minimum atomic E-state index is -0.754. The van der Waals surface area contributed by atoms with Gasteiger partial charge in [-0.1, -0.05) is 33.6 Å². The average Bonchev–Trinajstić information content (AvgIpc) is 2.62. The van der Waals surface area contributed by atoms with E-state index in [-0.39, 0.29) is 0 Å². The van der Waals surface area contributed by atoms with Gasteiger partial charge in [0, 0.05) is 0 Å². The van der Waals surface area contributed by atoms with Crippen LogP contribution in [0.2, 0.25) is 0 Å². The predicted octanol–water partition coefficient (Wildman–Crippen LogP) is 3.65. The Hall–Kier alpha value is -0.550. The molecule has 2 atom stereocenters. The minimum Gasteiger partial charge on any atom is -0.388 e. The quantitative estimate of drug-likeness (QED) is 0.773. The van der Waals surface area contributed by atoms with E-state index in [0.29, 0.717) is 5.92 Å². The second-order valence-corrected chi connectivity index (χ2v) is 5.57. The standard InChI is InChI=1S/C14H25NO/c1-4-7-14(16,8-5-2)13(11-15)9-6-12(3)10-13/h12,16H,4-10H2,1-3H3. The van der Waals surface area contributed by atoms with Crippen molar-refractivity contribution in [2.75, 3.05) is 0 Å². The zero-order valence-corrected chi connectivity index (χ0v) is 10.9. The van der Waals surface area contributed by atoms with Crippen LogP contribution in [0.15, 0.2) is 0 Å². The summed E-state index contributed by atoms with van der Waals surface area (Å²) in [4.78, 5) is 0. The summed E-state index contributed by atoms with van der Waals surface area (Å²) in [6, 6.07) is 2.47. The highest BCUT2D eigenvalue weighted by Crippen LogP contribution is 2.51. The number of hydrogen-bond acceptors (Lipinski definition) is 2. The topological polar surface area (TPSA) is 44.0 Å². The Balaban J connectivity index is 2.95.